The predicted molar refractivity (Wildman–Crippen MR) is 45.0 cm³/mol. The van der Waals surface area contributed by atoms with Crippen LogP contribution in [0.3, 0.4) is 0 Å². The van der Waals surface area contributed by atoms with Gasteiger partial charge in [0.15, 0.2) is 0 Å². The topological polar surface area (TPSA) is 91.7 Å². The molecule has 0 aromatic carbocycles. The van der Waals surface area contributed by atoms with Crippen molar-refractivity contribution in [1.29, 1.82) is 0 Å². The van der Waals surface area contributed by atoms with Crippen molar-refractivity contribution in [2.24, 2.45) is 11.3 Å². The van der Waals surface area contributed by atoms with Crippen molar-refractivity contribution >= 4 is 15.8 Å². The number of hydrogen-bond donors (Lipinski definition) is 2. The Kier molecular flexibility index (Phi) is 2.38. The molecular formula is C7H12O5S. The maximum absolute atomic E-state index is 10.8. The van der Waals surface area contributed by atoms with Crippen molar-refractivity contribution in [1.82, 2.24) is 0 Å². The van der Waals surface area contributed by atoms with Gasteiger partial charge in [0.05, 0.1) is 17.8 Å². The fourth-order valence-electron chi connectivity index (χ4n) is 1.49. The van der Waals surface area contributed by atoms with E-state index in [0.717, 1.165) is 6.26 Å². The molecule has 0 saturated heterocycles. The molecular weight excluding hydrogens is 196 g/mol. The zero-order valence-electron chi connectivity index (χ0n) is 7.23. The molecule has 76 valence electrons. The van der Waals surface area contributed by atoms with Crippen LogP contribution in [0.4, 0.5) is 0 Å². The first kappa shape index (κ1) is 10.5. The van der Waals surface area contributed by atoms with Gasteiger partial charge in [0, 0.05) is 6.26 Å². The van der Waals surface area contributed by atoms with E-state index in [1.165, 1.54) is 0 Å². The summed E-state index contributed by atoms with van der Waals surface area (Å²) in [7, 11) is -3.15. The van der Waals surface area contributed by atoms with E-state index in [1.807, 2.05) is 0 Å². The van der Waals surface area contributed by atoms with Gasteiger partial charge in [-0.1, -0.05) is 0 Å². The lowest BCUT2D eigenvalue weighted by Crippen LogP contribution is -2.24. The summed E-state index contributed by atoms with van der Waals surface area (Å²) in [6, 6.07) is 0. The molecule has 13 heavy (non-hydrogen) atoms. The molecule has 2 atom stereocenters. The first-order valence-electron chi connectivity index (χ1n) is 3.84. The number of hydrogen-bond acceptors (Lipinski definition) is 4. The number of aliphatic carboxylic acids is 1. The van der Waals surface area contributed by atoms with E-state index in [0.29, 0.717) is 0 Å². The molecule has 0 aliphatic heterocycles. The third-order valence-electron chi connectivity index (χ3n) is 2.44. The van der Waals surface area contributed by atoms with Crippen molar-refractivity contribution < 1.29 is 23.4 Å². The Bertz CT molecular complexity index is 320. The molecule has 5 nitrogen and oxygen atoms in total. The Labute approximate surface area is 76.3 Å². The zero-order valence-corrected chi connectivity index (χ0v) is 8.04. The van der Waals surface area contributed by atoms with Gasteiger partial charge in [-0.25, -0.2) is 8.42 Å². The third kappa shape index (κ3) is 2.00. The molecule has 0 heterocycles. The Hall–Kier alpha value is -0.620. The normalized spacial score (nSPS) is 32.9. The van der Waals surface area contributed by atoms with E-state index in [1.54, 1.807) is 0 Å². The third-order valence-corrected chi connectivity index (χ3v) is 3.45. The molecule has 1 aliphatic rings. The Morgan fingerprint density at radius 2 is 2.15 bits per heavy atom. The minimum Gasteiger partial charge on any atom is -0.481 e. The van der Waals surface area contributed by atoms with Gasteiger partial charge in [-0.15, -0.1) is 0 Å². The lowest BCUT2D eigenvalue weighted by Gasteiger charge is -2.06. The molecule has 6 heteroatoms. The van der Waals surface area contributed by atoms with Crippen LogP contribution < -0.4 is 0 Å². The summed E-state index contributed by atoms with van der Waals surface area (Å²) in [5, 5.41) is 17.5. The molecule has 0 bridgehead atoms. The molecule has 2 unspecified atom stereocenters. The van der Waals surface area contributed by atoms with Crippen molar-refractivity contribution in [2.45, 2.75) is 6.42 Å². The Balaban J connectivity index is 2.67. The molecule has 1 rings (SSSR count). The van der Waals surface area contributed by atoms with Crippen LogP contribution >= 0.6 is 0 Å². The lowest BCUT2D eigenvalue weighted by atomic mass is 10.1. The van der Waals surface area contributed by atoms with Crippen molar-refractivity contribution in [3.05, 3.63) is 0 Å². The number of carboxylic acids is 1. The summed E-state index contributed by atoms with van der Waals surface area (Å²) in [6.07, 6.45) is 1.32. The van der Waals surface area contributed by atoms with Crippen LogP contribution in [0.1, 0.15) is 6.42 Å². The molecule has 0 aromatic rings. The second-order valence-corrected chi connectivity index (χ2v) is 5.80. The summed E-state index contributed by atoms with van der Waals surface area (Å²) >= 11 is 0. The lowest BCUT2D eigenvalue weighted by molar-refractivity contribution is -0.145. The van der Waals surface area contributed by atoms with E-state index in [2.05, 4.69) is 0 Å². The minimum atomic E-state index is -3.15. The van der Waals surface area contributed by atoms with Gasteiger partial charge in [0.2, 0.25) is 0 Å². The fraction of sp³-hybridized carbons (Fsp3) is 0.857. The van der Waals surface area contributed by atoms with Gasteiger partial charge in [-0.2, -0.15) is 0 Å². The van der Waals surface area contributed by atoms with Gasteiger partial charge >= 0.3 is 5.97 Å². The maximum atomic E-state index is 10.8. The predicted octanol–water partition coefficient (Wildman–Crippen LogP) is -0.886. The van der Waals surface area contributed by atoms with Gasteiger partial charge in [-0.3, -0.25) is 4.79 Å². The van der Waals surface area contributed by atoms with Crippen LogP contribution in [0.25, 0.3) is 0 Å². The summed E-state index contributed by atoms with van der Waals surface area (Å²) < 4.78 is 21.7. The SMILES string of the molecule is CS(=O)(=O)CC1CC1(CO)C(=O)O. The molecule has 1 aliphatic carbocycles. The van der Waals surface area contributed by atoms with Gasteiger partial charge in [-0.05, 0) is 12.3 Å². The van der Waals surface area contributed by atoms with E-state index in [4.69, 9.17) is 10.2 Å². The number of carboxylic acid groups (broad SMARTS) is 1. The monoisotopic (exact) mass is 208 g/mol. The van der Waals surface area contributed by atoms with Gasteiger partial charge < -0.3 is 10.2 Å². The van der Waals surface area contributed by atoms with E-state index in [-0.39, 0.29) is 12.2 Å². The Morgan fingerprint density at radius 3 is 2.38 bits per heavy atom. The number of carbonyl (C=O) groups is 1. The number of aliphatic hydroxyl groups is 1. The van der Waals surface area contributed by atoms with E-state index in [9.17, 15) is 13.2 Å². The summed E-state index contributed by atoms with van der Waals surface area (Å²) in [6.45, 7) is -0.484. The Morgan fingerprint density at radius 1 is 1.62 bits per heavy atom. The largest absolute Gasteiger partial charge is 0.481 e. The van der Waals surface area contributed by atoms with Crippen LogP contribution in [-0.4, -0.2) is 43.2 Å². The summed E-state index contributed by atoms with van der Waals surface area (Å²) in [4.78, 5) is 10.7. The minimum absolute atomic E-state index is 0.153. The summed E-state index contributed by atoms with van der Waals surface area (Å²) in [5.74, 6) is -1.69. The van der Waals surface area contributed by atoms with Crippen LogP contribution in [0.5, 0.6) is 0 Å². The van der Waals surface area contributed by atoms with Gasteiger partial charge in [0.25, 0.3) is 0 Å². The van der Waals surface area contributed by atoms with Gasteiger partial charge in [0.1, 0.15) is 9.84 Å². The number of rotatable bonds is 4. The molecule has 0 amide bonds. The molecule has 1 saturated carbocycles. The standard InChI is InChI=1S/C7H12O5S/c1-13(11,12)3-5-2-7(5,4-8)6(9)10/h5,8H,2-4H2,1H3,(H,9,10). The highest BCUT2D eigenvalue weighted by atomic mass is 32.2. The van der Waals surface area contributed by atoms with Crippen LogP contribution in [0.15, 0.2) is 0 Å². The first-order chi connectivity index (χ1) is 5.82. The maximum Gasteiger partial charge on any atom is 0.312 e. The number of aliphatic hydroxyl groups excluding tert-OH is 1. The van der Waals surface area contributed by atoms with Crippen LogP contribution in [0.2, 0.25) is 0 Å². The number of sulfone groups is 1. The smallest absolute Gasteiger partial charge is 0.312 e. The molecule has 0 spiro atoms. The molecule has 0 radical (unpaired) electrons. The average Bonchev–Trinajstić information content (AvgIpc) is 2.60. The second-order valence-electron chi connectivity index (χ2n) is 3.61. The first-order valence-corrected chi connectivity index (χ1v) is 5.90. The highest BCUT2D eigenvalue weighted by Crippen LogP contribution is 2.52. The van der Waals surface area contributed by atoms with E-state index >= 15 is 0 Å². The highest BCUT2D eigenvalue weighted by molar-refractivity contribution is 7.90. The van der Waals surface area contributed by atoms with Crippen LogP contribution in [0, 0.1) is 11.3 Å². The van der Waals surface area contributed by atoms with Crippen molar-refractivity contribution in [3.8, 4) is 0 Å². The van der Waals surface area contributed by atoms with E-state index < -0.39 is 33.7 Å². The quantitative estimate of drug-likeness (QED) is 0.625. The summed E-state index contributed by atoms with van der Waals surface area (Å²) in [5.41, 5.74) is -1.19. The highest BCUT2D eigenvalue weighted by Gasteiger charge is 2.60. The molecule has 2 N–H and O–H groups in total. The zero-order chi connectivity index (χ0) is 10.3. The second kappa shape index (κ2) is 2.95. The molecule has 0 aromatic heterocycles. The van der Waals surface area contributed by atoms with Crippen LogP contribution in [-0.2, 0) is 14.6 Å². The van der Waals surface area contributed by atoms with Crippen molar-refractivity contribution in [2.75, 3.05) is 18.6 Å². The molecule has 1 fully saturated rings. The average molecular weight is 208 g/mol. The van der Waals surface area contributed by atoms with Crippen molar-refractivity contribution in [3.63, 3.8) is 0 Å². The fourth-order valence-corrected chi connectivity index (χ4v) is 2.66.